The van der Waals surface area contributed by atoms with Gasteiger partial charge in [0.25, 0.3) is 25.9 Å². The maximum absolute atomic E-state index is 12.1. The first kappa shape index (κ1) is 33.0. The highest BCUT2D eigenvalue weighted by Gasteiger charge is 2.25. The van der Waals surface area contributed by atoms with E-state index in [1.54, 1.807) is 0 Å². The van der Waals surface area contributed by atoms with Gasteiger partial charge in [0.1, 0.15) is 32.4 Å². The predicted octanol–water partition coefficient (Wildman–Crippen LogP) is 5.14. The van der Waals surface area contributed by atoms with Crippen LogP contribution in [0.2, 0.25) is 0 Å². The van der Waals surface area contributed by atoms with Crippen LogP contribution in [0.1, 0.15) is 17.3 Å². The Kier molecular flexibility index (Phi) is 8.78. The Morgan fingerprint density at radius 3 is 2.02 bits per heavy atom. The summed E-state index contributed by atoms with van der Waals surface area (Å²) in [5.41, 5.74) is -3.68. The number of rotatable bonds is 9. The van der Waals surface area contributed by atoms with Crippen molar-refractivity contribution in [1.82, 2.24) is 0 Å². The van der Waals surface area contributed by atoms with Crippen molar-refractivity contribution in [2.45, 2.75) is 16.7 Å². The molecular formula is C25H18N6O13S2. The Hall–Kier alpha value is -5.90. The molecule has 0 aromatic heterocycles. The molecule has 4 rings (SSSR count). The van der Waals surface area contributed by atoms with Gasteiger partial charge in [-0.3, -0.25) is 24.0 Å². The summed E-state index contributed by atoms with van der Waals surface area (Å²) in [6, 6.07) is 8.76. The van der Waals surface area contributed by atoms with E-state index in [1.807, 2.05) is 0 Å². The Balaban J connectivity index is 1.86. The van der Waals surface area contributed by atoms with Crippen LogP contribution < -0.4 is 5.32 Å². The molecule has 0 bridgehead atoms. The number of benzene rings is 4. The molecule has 0 spiro atoms. The molecule has 6 N–H and O–H groups in total. The highest BCUT2D eigenvalue weighted by Crippen LogP contribution is 2.48. The number of anilines is 1. The quantitative estimate of drug-likeness (QED) is 0.0580. The van der Waals surface area contributed by atoms with E-state index in [1.165, 1.54) is 6.07 Å². The maximum Gasteiger partial charge on any atom is 0.342 e. The Labute approximate surface area is 256 Å². The van der Waals surface area contributed by atoms with Crippen LogP contribution in [0.4, 0.5) is 34.1 Å². The fourth-order valence-corrected chi connectivity index (χ4v) is 5.31. The monoisotopic (exact) mass is 674 g/mol. The van der Waals surface area contributed by atoms with Gasteiger partial charge < -0.3 is 20.6 Å². The van der Waals surface area contributed by atoms with E-state index >= 15 is 0 Å². The van der Waals surface area contributed by atoms with E-state index in [9.17, 15) is 61.0 Å². The minimum Gasteiger partial charge on any atom is -0.505 e. The number of carboxylic acid groups (broad SMARTS) is 1. The van der Waals surface area contributed by atoms with E-state index in [2.05, 4.69) is 25.8 Å². The molecule has 0 radical (unpaired) electrons. The number of phenolic OH excluding ortho intramolecular Hbond substituents is 2. The summed E-state index contributed by atoms with van der Waals surface area (Å²) in [6.45, 7) is 1.16. The number of hydrogen-bond acceptors (Lipinski definition) is 14. The second kappa shape index (κ2) is 12.2. The van der Waals surface area contributed by atoms with Crippen LogP contribution in [-0.2, 0) is 25.0 Å². The van der Waals surface area contributed by atoms with E-state index in [-0.39, 0.29) is 16.8 Å². The Bertz CT molecular complexity index is 2250. The lowest BCUT2D eigenvalue weighted by Gasteiger charge is -2.11. The topological polar surface area (TPSA) is 308 Å². The fraction of sp³-hybridized carbons (Fsp3) is 0.0400. The van der Waals surface area contributed by atoms with Gasteiger partial charge in [-0.1, -0.05) is 6.07 Å². The number of azo groups is 2. The van der Waals surface area contributed by atoms with Gasteiger partial charge in [0.15, 0.2) is 11.5 Å². The number of fused-ring (bicyclic) bond motifs is 1. The molecule has 46 heavy (non-hydrogen) atoms. The number of phenols is 2. The largest absolute Gasteiger partial charge is 0.505 e. The second-order valence-electron chi connectivity index (χ2n) is 9.08. The number of aromatic hydroxyl groups is 2. The molecule has 19 nitrogen and oxygen atoms in total. The minimum atomic E-state index is -5.12. The number of aromatic carboxylic acids is 1. The summed E-state index contributed by atoms with van der Waals surface area (Å²) in [5.74, 6) is -4.13. The van der Waals surface area contributed by atoms with Crippen molar-refractivity contribution in [3.63, 3.8) is 0 Å². The molecule has 1 amide bonds. The van der Waals surface area contributed by atoms with E-state index in [0.717, 1.165) is 55.5 Å². The fourth-order valence-electron chi connectivity index (χ4n) is 4.00. The predicted molar refractivity (Wildman–Crippen MR) is 156 cm³/mol. The van der Waals surface area contributed by atoms with Gasteiger partial charge in [0.05, 0.1) is 16.0 Å². The van der Waals surface area contributed by atoms with Crippen LogP contribution in [0.25, 0.3) is 10.8 Å². The van der Waals surface area contributed by atoms with Crippen LogP contribution in [0, 0.1) is 10.1 Å². The van der Waals surface area contributed by atoms with Crippen LogP contribution in [0.3, 0.4) is 0 Å². The molecule has 0 atom stereocenters. The highest BCUT2D eigenvalue weighted by molar-refractivity contribution is 7.86. The minimum absolute atomic E-state index is 0.00166. The van der Waals surface area contributed by atoms with E-state index < -0.39 is 92.0 Å². The summed E-state index contributed by atoms with van der Waals surface area (Å²) in [4.78, 5) is 31.1. The number of carbonyl (C=O) groups excluding carboxylic acids is 1. The molecule has 0 heterocycles. The second-order valence-corrected chi connectivity index (χ2v) is 11.9. The summed E-state index contributed by atoms with van der Waals surface area (Å²) in [6.07, 6.45) is 0. The van der Waals surface area contributed by atoms with Gasteiger partial charge in [-0.25, -0.2) is 4.79 Å². The molecule has 0 saturated heterocycles. The molecule has 4 aromatic carbocycles. The van der Waals surface area contributed by atoms with Crippen LogP contribution >= 0.6 is 0 Å². The lowest BCUT2D eigenvalue weighted by Crippen LogP contribution is -2.07. The van der Waals surface area contributed by atoms with E-state index in [0.29, 0.717) is 0 Å². The zero-order chi connectivity index (χ0) is 34.1. The van der Waals surface area contributed by atoms with Gasteiger partial charge in [-0.05, 0) is 47.9 Å². The first-order chi connectivity index (χ1) is 21.4. The third-order valence-corrected chi connectivity index (χ3v) is 7.69. The zero-order valence-corrected chi connectivity index (χ0v) is 24.4. The number of hydrogen-bond donors (Lipinski definition) is 6. The molecule has 238 valence electrons. The highest BCUT2D eigenvalue weighted by atomic mass is 32.2. The molecule has 0 unspecified atom stereocenters. The standard InChI is InChI=1S/C25H18N6O13S2/c1-11(32)26-13-3-6-16(19(10-13)45(39,40)41)28-29-17-5-2-12-8-20(46(42,43)44)22(24(34)21(12)23(17)33)30-27-14-4-7-18(31(37)38)15(9-14)25(35)36/h2-10,33-34H,1H3,(H,26,32)(H,35,36)(H,39,40,41)(H,42,43,44)/b29-28+,30-27+. The summed E-state index contributed by atoms with van der Waals surface area (Å²) >= 11 is 0. The summed E-state index contributed by atoms with van der Waals surface area (Å²) < 4.78 is 67.5. The Morgan fingerprint density at radius 2 is 1.43 bits per heavy atom. The van der Waals surface area contributed by atoms with Gasteiger partial charge in [-0.15, -0.1) is 15.3 Å². The van der Waals surface area contributed by atoms with Gasteiger partial charge in [0.2, 0.25) is 5.91 Å². The van der Waals surface area contributed by atoms with Crippen molar-refractivity contribution in [1.29, 1.82) is 0 Å². The molecule has 0 saturated carbocycles. The van der Waals surface area contributed by atoms with Gasteiger partial charge >= 0.3 is 5.97 Å². The van der Waals surface area contributed by atoms with Crippen molar-refractivity contribution in [3.8, 4) is 11.5 Å². The third kappa shape index (κ3) is 6.91. The smallest absolute Gasteiger partial charge is 0.342 e. The normalized spacial score (nSPS) is 12.2. The molecule has 0 aliphatic heterocycles. The average Bonchev–Trinajstić information content (AvgIpc) is 2.95. The van der Waals surface area contributed by atoms with Crippen molar-refractivity contribution >= 4 is 77.0 Å². The lowest BCUT2D eigenvalue weighted by atomic mass is 10.1. The SMILES string of the molecule is CC(=O)Nc1ccc(/N=N/c2ccc3cc(S(=O)(=O)O)c(/N=N/c4ccc([N+](=O)[O-])c(C(=O)O)c4)c(O)c3c2O)c(S(=O)(=O)O)c1. The van der Waals surface area contributed by atoms with Crippen LogP contribution in [-0.4, -0.2) is 58.1 Å². The van der Waals surface area contributed by atoms with Crippen molar-refractivity contribution in [3.05, 3.63) is 70.3 Å². The summed E-state index contributed by atoms with van der Waals surface area (Å²) in [7, 11) is -10.0. The number of amides is 1. The molecular weight excluding hydrogens is 656 g/mol. The van der Waals surface area contributed by atoms with Crippen LogP contribution in [0.5, 0.6) is 11.5 Å². The number of nitrogens with one attached hydrogen (secondary N) is 1. The number of carbonyl (C=O) groups is 2. The van der Waals surface area contributed by atoms with Gasteiger partial charge in [0, 0.05) is 18.7 Å². The van der Waals surface area contributed by atoms with Crippen LogP contribution in [0.15, 0.2) is 84.8 Å². The molecule has 0 aliphatic carbocycles. The van der Waals surface area contributed by atoms with E-state index in [4.69, 9.17) is 0 Å². The third-order valence-electron chi connectivity index (χ3n) is 5.94. The maximum atomic E-state index is 12.1. The number of nitro benzene ring substituents is 1. The molecule has 4 aromatic rings. The first-order valence-electron chi connectivity index (χ1n) is 12.1. The summed E-state index contributed by atoms with van der Waals surface area (Å²) in [5, 5.41) is 58.6. The Morgan fingerprint density at radius 1 is 0.804 bits per heavy atom. The lowest BCUT2D eigenvalue weighted by molar-refractivity contribution is -0.385. The zero-order valence-electron chi connectivity index (χ0n) is 22.8. The molecule has 21 heteroatoms. The van der Waals surface area contributed by atoms with Crippen molar-refractivity contribution in [2.75, 3.05) is 5.32 Å². The number of nitro groups is 1. The first-order valence-corrected chi connectivity index (χ1v) is 15.0. The molecule has 0 aliphatic rings. The van der Waals surface area contributed by atoms with Crippen molar-refractivity contribution < 1.29 is 55.8 Å². The number of nitrogens with zero attached hydrogens (tertiary/aromatic N) is 5. The number of carboxylic acids is 1. The molecule has 0 fully saturated rings. The average molecular weight is 675 g/mol. The van der Waals surface area contributed by atoms with Gasteiger partial charge in [-0.2, -0.15) is 21.9 Å². The van der Waals surface area contributed by atoms with Crippen molar-refractivity contribution in [2.24, 2.45) is 20.5 Å².